The van der Waals surface area contributed by atoms with Crippen LogP contribution in [-0.4, -0.2) is 85.8 Å². The number of aliphatic hydroxyl groups is 1. The number of carbonyl (C=O) groups is 2. The lowest BCUT2D eigenvalue weighted by molar-refractivity contribution is -0.137. The molecule has 0 spiro atoms. The molecular weight excluding hydrogens is 500 g/mol. The molecule has 0 bridgehead atoms. The maximum atomic E-state index is 13.3. The van der Waals surface area contributed by atoms with Crippen LogP contribution in [0.15, 0.2) is 30.6 Å². The van der Waals surface area contributed by atoms with Crippen molar-refractivity contribution in [1.82, 2.24) is 34.7 Å². The molecule has 1 aliphatic heterocycles. The third kappa shape index (κ3) is 5.17. The largest absolute Gasteiger partial charge is 0.391 e. The van der Waals surface area contributed by atoms with Gasteiger partial charge in [-0.25, -0.2) is 15.0 Å². The van der Waals surface area contributed by atoms with Crippen LogP contribution < -0.4 is 10.6 Å². The Bertz CT molecular complexity index is 1510. The van der Waals surface area contributed by atoms with Crippen molar-refractivity contribution < 1.29 is 19.4 Å². The minimum Gasteiger partial charge on any atom is -0.391 e. The minimum absolute atomic E-state index is 0.156. The number of pyridine rings is 2. The number of ether oxygens (including phenoxy) is 1. The van der Waals surface area contributed by atoms with Gasteiger partial charge >= 0.3 is 0 Å². The SMILES string of the molecule is CNc1nc2[nH]c(-c3cccc([C@H](CCCOC)NC(=O)C4CC(O)CN4C(C)=O)n3)cc2c2c1ncn2C. The Balaban J connectivity index is 1.47. The summed E-state index contributed by atoms with van der Waals surface area (Å²) >= 11 is 0. The fourth-order valence-electron chi connectivity index (χ4n) is 5.31. The summed E-state index contributed by atoms with van der Waals surface area (Å²) in [7, 11) is 5.40. The van der Waals surface area contributed by atoms with E-state index in [1.165, 1.54) is 11.8 Å². The fraction of sp³-hybridized carbons (Fsp3) is 0.444. The van der Waals surface area contributed by atoms with Gasteiger partial charge in [-0.2, -0.15) is 0 Å². The smallest absolute Gasteiger partial charge is 0.243 e. The number of amides is 2. The second-order valence-electron chi connectivity index (χ2n) is 9.93. The summed E-state index contributed by atoms with van der Waals surface area (Å²) in [5.41, 5.74) is 4.65. The number of aromatic amines is 1. The molecule has 39 heavy (non-hydrogen) atoms. The third-order valence-corrected chi connectivity index (χ3v) is 7.22. The molecular formula is C27H34N8O4. The van der Waals surface area contributed by atoms with Crippen LogP contribution in [0, 0.1) is 0 Å². The number of β-amino-alcohol motifs (C(OH)–C–C–N with tert-alkyl or cyclic N) is 1. The van der Waals surface area contributed by atoms with E-state index in [1.54, 1.807) is 13.4 Å². The predicted octanol–water partition coefficient (Wildman–Crippen LogP) is 2.12. The Morgan fingerprint density at radius 2 is 2.13 bits per heavy atom. The topological polar surface area (TPSA) is 150 Å². The molecule has 1 fully saturated rings. The first-order valence-electron chi connectivity index (χ1n) is 13.0. The lowest BCUT2D eigenvalue weighted by Gasteiger charge is -2.25. The number of anilines is 1. The molecule has 2 amide bonds. The molecule has 1 saturated heterocycles. The van der Waals surface area contributed by atoms with E-state index in [0.717, 1.165) is 22.1 Å². The summed E-state index contributed by atoms with van der Waals surface area (Å²) in [4.78, 5) is 44.3. The van der Waals surface area contributed by atoms with Crippen molar-refractivity contribution in [1.29, 1.82) is 0 Å². The summed E-state index contributed by atoms with van der Waals surface area (Å²) in [6.07, 6.45) is 2.56. The molecule has 4 N–H and O–H groups in total. The van der Waals surface area contributed by atoms with Gasteiger partial charge < -0.3 is 34.9 Å². The molecule has 0 aromatic carbocycles. The van der Waals surface area contributed by atoms with Gasteiger partial charge in [0.1, 0.15) is 17.2 Å². The van der Waals surface area contributed by atoms with Crippen LogP contribution >= 0.6 is 0 Å². The average Bonchev–Trinajstić information content (AvgIpc) is 3.64. The second-order valence-corrected chi connectivity index (χ2v) is 9.93. The van der Waals surface area contributed by atoms with Gasteiger partial charge in [-0.1, -0.05) is 6.07 Å². The number of H-pyrrole nitrogens is 1. The van der Waals surface area contributed by atoms with Crippen molar-refractivity contribution in [3.63, 3.8) is 0 Å². The van der Waals surface area contributed by atoms with Crippen LogP contribution in [0.1, 0.15) is 37.9 Å². The average molecular weight is 535 g/mol. The van der Waals surface area contributed by atoms with Crippen molar-refractivity contribution in [3.8, 4) is 11.4 Å². The van der Waals surface area contributed by atoms with Crippen LogP contribution in [0.4, 0.5) is 5.82 Å². The van der Waals surface area contributed by atoms with Gasteiger partial charge in [0.05, 0.1) is 41.1 Å². The van der Waals surface area contributed by atoms with E-state index >= 15 is 0 Å². The zero-order chi connectivity index (χ0) is 27.7. The molecule has 1 aliphatic rings. The zero-order valence-corrected chi connectivity index (χ0v) is 22.6. The normalized spacial score (nSPS) is 18.1. The Hall–Kier alpha value is -4.03. The van der Waals surface area contributed by atoms with Gasteiger partial charge in [0, 0.05) is 53.1 Å². The molecule has 12 heteroatoms. The van der Waals surface area contributed by atoms with Gasteiger partial charge in [-0.15, -0.1) is 0 Å². The number of nitrogens with one attached hydrogen (secondary N) is 3. The lowest BCUT2D eigenvalue weighted by atomic mass is 10.0. The first-order chi connectivity index (χ1) is 18.8. The Labute approximate surface area is 225 Å². The summed E-state index contributed by atoms with van der Waals surface area (Å²) < 4.78 is 7.20. The highest BCUT2D eigenvalue weighted by Crippen LogP contribution is 2.32. The molecule has 5 rings (SSSR count). The van der Waals surface area contributed by atoms with Crippen LogP contribution in [-0.2, 0) is 21.4 Å². The number of likely N-dealkylation sites (tertiary alicyclic amines) is 1. The monoisotopic (exact) mass is 534 g/mol. The van der Waals surface area contributed by atoms with Crippen LogP contribution in [0.25, 0.3) is 33.5 Å². The number of imidazole rings is 1. The number of aromatic nitrogens is 5. The summed E-state index contributed by atoms with van der Waals surface area (Å²) in [5, 5.41) is 17.2. The molecule has 5 heterocycles. The number of nitrogens with zero attached hydrogens (tertiary/aromatic N) is 5. The van der Waals surface area contributed by atoms with Gasteiger partial charge in [0.2, 0.25) is 11.8 Å². The predicted molar refractivity (Wildman–Crippen MR) is 147 cm³/mol. The highest BCUT2D eigenvalue weighted by molar-refractivity contribution is 6.07. The number of aryl methyl sites for hydroxylation is 1. The number of fused-ring (bicyclic) bond motifs is 3. The second kappa shape index (κ2) is 11.0. The van der Waals surface area contributed by atoms with E-state index in [2.05, 4.69) is 20.6 Å². The van der Waals surface area contributed by atoms with Gasteiger partial charge in [0.15, 0.2) is 5.82 Å². The molecule has 0 saturated carbocycles. The third-order valence-electron chi connectivity index (χ3n) is 7.22. The van der Waals surface area contributed by atoms with Crippen LogP contribution in [0.3, 0.4) is 0 Å². The molecule has 206 valence electrons. The van der Waals surface area contributed by atoms with Gasteiger partial charge in [-0.3, -0.25) is 9.59 Å². The highest BCUT2D eigenvalue weighted by atomic mass is 16.5. The van der Waals surface area contributed by atoms with Crippen molar-refractivity contribution in [3.05, 3.63) is 36.3 Å². The molecule has 0 aliphatic carbocycles. The summed E-state index contributed by atoms with van der Waals surface area (Å²) in [5.74, 6) is 0.147. The molecule has 4 aromatic heterocycles. The summed E-state index contributed by atoms with van der Waals surface area (Å²) in [6, 6.07) is 6.60. The minimum atomic E-state index is -0.719. The number of hydrogen-bond acceptors (Lipinski definition) is 8. The number of hydrogen-bond donors (Lipinski definition) is 4. The maximum Gasteiger partial charge on any atom is 0.243 e. The van der Waals surface area contributed by atoms with Crippen molar-refractivity contribution in [2.75, 3.05) is 32.6 Å². The zero-order valence-electron chi connectivity index (χ0n) is 22.6. The number of aliphatic hydroxyl groups excluding tert-OH is 1. The highest BCUT2D eigenvalue weighted by Gasteiger charge is 2.38. The summed E-state index contributed by atoms with van der Waals surface area (Å²) in [6.45, 7) is 2.10. The van der Waals surface area contributed by atoms with Crippen molar-refractivity contribution >= 4 is 39.7 Å². The van der Waals surface area contributed by atoms with E-state index in [9.17, 15) is 14.7 Å². The van der Waals surface area contributed by atoms with E-state index in [0.29, 0.717) is 42.3 Å². The number of rotatable bonds is 9. The van der Waals surface area contributed by atoms with E-state index in [-0.39, 0.29) is 24.8 Å². The Morgan fingerprint density at radius 1 is 1.31 bits per heavy atom. The van der Waals surface area contributed by atoms with Crippen molar-refractivity contribution in [2.45, 2.75) is 44.4 Å². The fourth-order valence-corrected chi connectivity index (χ4v) is 5.31. The van der Waals surface area contributed by atoms with Gasteiger partial charge in [-0.05, 0) is 31.0 Å². The molecule has 0 radical (unpaired) electrons. The van der Waals surface area contributed by atoms with E-state index < -0.39 is 18.2 Å². The van der Waals surface area contributed by atoms with Crippen molar-refractivity contribution in [2.24, 2.45) is 7.05 Å². The first kappa shape index (κ1) is 26.6. The van der Waals surface area contributed by atoms with E-state index in [4.69, 9.17) is 14.7 Å². The molecule has 3 atom stereocenters. The number of methoxy groups -OCH3 is 1. The van der Waals surface area contributed by atoms with Crippen LogP contribution in [0.2, 0.25) is 0 Å². The Morgan fingerprint density at radius 3 is 2.87 bits per heavy atom. The van der Waals surface area contributed by atoms with E-state index in [1.807, 2.05) is 42.9 Å². The molecule has 4 aromatic rings. The lowest BCUT2D eigenvalue weighted by Crippen LogP contribution is -2.46. The van der Waals surface area contributed by atoms with Crippen LogP contribution in [0.5, 0.6) is 0 Å². The quantitative estimate of drug-likeness (QED) is 0.239. The van der Waals surface area contributed by atoms with Gasteiger partial charge in [0.25, 0.3) is 0 Å². The molecule has 2 unspecified atom stereocenters. The maximum absolute atomic E-state index is 13.3. The number of carbonyl (C=O) groups excluding carboxylic acids is 2. The Kier molecular flexibility index (Phi) is 7.49. The first-order valence-corrected chi connectivity index (χ1v) is 13.0. The molecule has 12 nitrogen and oxygen atoms in total. The standard InChI is InChI=1S/C27H34N8O4/c1-15(36)35-13-16(37)11-22(35)27(38)32-19(9-6-10-39-4)18-7-5-8-20(30-18)21-12-17-24-23(29-14-34(24)3)26(28-2)33-25(17)31-21/h5,7-8,12,14,16,19,22,37H,6,9-11,13H2,1-4H3,(H,32,38)(H2,28,31,33)/t16?,19-,22?/m0/s1.